The van der Waals surface area contributed by atoms with Gasteiger partial charge in [0.2, 0.25) is 0 Å². The van der Waals surface area contributed by atoms with Crippen molar-refractivity contribution in [1.29, 1.82) is 0 Å². The molecule has 0 spiro atoms. The van der Waals surface area contributed by atoms with E-state index in [1.807, 2.05) is 36.4 Å². The van der Waals surface area contributed by atoms with Gasteiger partial charge in [0.25, 0.3) is 5.91 Å². The third-order valence-electron chi connectivity index (χ3n) is 5.48. The number of aliphatic hydroxyl groups is 1. The van der Waals surface area contributed by atoms with Gasteiger partial charge in [-0.1, -0.05) is 60.7 Å². The summed E-state index contributed by atoms with van der Waals surface area (Å²) in [5.74, 6) is -0.149. The minimum Gasteiger partial charge on any atom is -0.390 e. The van der Waals surface area contributed by atoms with Crippen LogP contribution in [0.3, 0.4) is 0 Å². The second-order valence-corrected chi connectivity index (χ2v) is 8.02. The smallest absolute Gasteiger partial charge is 0.254 e. The monoisotopic (exact) mass is 396 g/mol. The zero-order valence-corrected chi connectivity index (χ0v) is 17.4. The second kappa shape index (κ2) is 10.5. The summed E-state index contributed by atoms with van der Waals surface area (Å²) in [6.07, 6.45) is 0.717. The van der Waals surface area contributed by atoms with Crippen LogP contribution in [0.5, 0.6) is 0 Å². The normalized spacial score (nSPS) is 21.9. The van der Waals surface area contributed by atoms with Gasteiger partial charge in [0.1, 0.15) is 0 Å². The SMILES string of the molecule is CN(CCC1CCC(O)C(C(=O)N(C)Cc2ccccc2)O1)Cc1ccccc1. The molecular formula is C24H32N2O3. The number of hydrogen-bond donors (Lipinski definition) is 1. The van der Waals surface area contributed by atoms with Gasteiger partial charge in [-0.3, -0.25) is 4.79 Å². The standard InChI is InChI=1S/C24H32N2O3/c1-25(17-19-9-5-3-6-10-19)16-15-21-13-14-22(27)23(29-21)24(28)26(2)18-20-11-7-4-8-12-20/h3-12,21-23,27H,13-18H2,1-2H3. The van der Waals surface area contributed by atoms with Gasteiger partial charge in [-0.05, 0) is 37.4 Å². The molecule has 29 heavy (non-hydrogen) atoms. The molecule has 0 aromatic heterocycles. The Bertz CT molecular complexity index is 753. The van der Waals surface area contributed by atoms with Crippen molar-refractivity contribution in [3.05, 3.63) is 71.8 Å². The highest BCUT2D eigenvalue weighted by Gasteiger charge is 2.36. The van der Waals surface area contributed by atoms with Crippen LogP contribution >= 0.6 is 0 Å². The minimum atomic E-state index is -0.776. The van der Waals surface area contributed by atoms with Crippen molar-refractivity contribution in [3.63, 3.8) is 0 Å². The maximum absolute atomic E-state index is 12.9. The summed E-state index contributed by atoms with van der Waals surface area (Å²) in [6, 6.07) is 20.2. The van der Waals surface area contributed by atoms with Crippen molar-refractivity contribution in [1.82, 2.24) is 9.80 Å². The van der Waals surface area contributed by atoms with E-state index in [2.05, 4.69) is 36.2 Å². The van der Waals surface area contributed by atoms with Crippen LogP contribution in [-0.2, 0) is 22.6 Å². The van der Waals surface area contributed by atoms with E-state index in [1.165, 1.54) is 5.56 Å². The number of amides is 1. The van der Waals surface area contributed by atoms with Crippen LogP contribution in [0.15, 0.2) is 60.7 Å². The molecule has 1 fully saturated rings. The summed E-state index contributed by atoms with van der Waals surface area (Å²) in [5.41, 5.74) is 2.35. The first-order chi connectivity index (χ1) is 14.0. The van der Waals surface area contributed by atoms with Crippen LogP contribution in [0, 0.1) is 0 Å². The molecule has 1 aliphatic rings. The molecule has 5 heteroatoms. The van der Waals surface area contributed by atoms with E-state index in [1.54, 1.807) is 11.9 Å². The summed E-state index contributed by atoms with van der Waals surface area (Å²) in [6.45, 7) is 2.28. The molecule has 5 nitrogen and oxygen atoms in total. The van der Waals surface area contributed by atoms with Gasteiger partial charge in [0.05, 0.1) is 12.2 Å². The lowest BCUT2D eigenvalue weighted by Crippen LogP contribution is -2.49. The van der Waals surface area contributed by atoms with Gasteiger partial charge in [-0.25, -0.2) is 0 Å². The fourth-order valence-electron chi connectivity index (χ4n) is 3.80. The van der Waals surface area contributed by atoms with Gasteiger partial charge in [-0.2, -0.15) is 0 Å². The lowest BCUT2D eigenvalue weighted by atomic mass is 9.98. The lowest BCUT2D eigenvalue weighted by Gasteiger charge is -2.35. The molecule has 1 saturated heterocycles. The molecule has 1 heterocycles. The maximum atomic E-state index is 12.9. The van der Waals surface area contributed by atoms with E-state index in [9.17, 15) is 9.90 Å². The number of benzene rings is 2. The van der Waals surface area contributed by atoms with E-state index >= 15 is 0 Å². The summed E-state index contributed by atoms with van der Waals surface area (Å²) in [4.78, 5) is 16.8. The number of likely N-dealkylation sites (N-methyl/N-ethyl adjacent to an activating group) is 1. The summed E-state index contributed by atoms with van der Waals surface area (Å²) < 4.78 is 6.05. The number of carbonyl (C=O) groups is 1. The molecule has 0 saturated carbocycles. The molecule has 1 aliphatic heterocycles. The topological polar surface area (TPSA) is 53.0 Å². The van der Waals surface area contributed by atoms with Crippen LogP contribution in [-0.4, -0.2) is 59.8 Å². The Kier molecular flexibility index (Phi) is 7.81. The first-order valence-corrected chi connectivity index (χ1v) is 10.4. The molecule has 3 atom stereocenters. The number of ether oxygens (including phenoxy) is 1. The van der Waals surface area contributed by atoms with E-state index < -0.39 is 12.2 Å². The van der Waals surface area contributed by atoms with Gasteiger partial charge < -0.3 is 19.6 Å². The van der Waals surface area contributed by atoms with Crippen molar-refractivity contribution in [2.75, 3.05) is 20.6 Å². The molecule has 0 aliphatic carbocycles. The summed E-state index contributed by atoms with van der Waals surface area (Å²) in [7, 11) is 3.86. The third kappa shape index (κ3) is 6.39. The fraction of sp³-hybridized carbons (Fsp3) is 0.458. The van der Waals surface area contributed by atoms with E-state index in [0.29, 0.717) is 13.0 Å². The zero-order chi connectivity index (χ0) is 20.6. The van der Waals surface area contributed by atoms with Crippen molar-refractivity contribution in [2.45, 2.75) is 50.7 Å². The molecule has 1 N–H and O–H groups in total. The number of aliphatic hydroxyl groups excluding tert-OH is 1. The first-order valence-electron chi connectivity index (χ1n) is 10.4. The van der Waals surface area contributed by atoms with Crippen molar-refractivity contribution < 1.29 is 14.6 Å². The van der Waals surface area contributed by atoms with Crippen LogP contribution in [0.2, 0.25) is 0 Å². The maximum Gasteiger partial charge on any atom is 0.254 e. The fourth-order valence-corrected chi connectivity index (χ4v) is 3.80. The summed E-state index contributed by atoms with van der Waals surface area (Å²) >= 11 is 0. The lowest BCUT2D eigenvalue weighted by molar-refractivity contribution is -0.167. The average Bonchev–Trinajstić information content (AvgIpc) is 2.74. The molecular weight excluding hydrogens is 364 g/mol. The van der Waals surface area contributed by atoms with Crippen molar-refractivity contribution in [2.24, 2.45) is 0 Å². The van der Waals surface area contributed by atoms with E-state index in [0.717, 1.165) is 31.5 Å². The number of nitrogens with zero attached hydrogens (tertiary/aromatic N) is 2. The van der Waals surface area contributed by atoms with Crippen molar-refractivity contribution >= 4 is 5.91 Å². The van der Waals surface area contributed by atoms with Gasteiger partial charge in [-0.15, -0.1) is 0 Å². The second-order valence-electron chi connectivity index (χ2n) is 8.02. The molecule has 0 radical (unpaired) electrons. The quantitative estimate of drug-likeness (QED) is 0.745. The van der Waals surface area contributed by atoms with Crippen molar-refractivity contribution in [3.8, 4) is 0 Å². The molecule has 156 valence electrons. The molecule has 3 rings (SSSR count). The first kappa shape index (κ1) is 21.5. The number of carbonyl (C=O) groups excluding carboxylic acids is 1. The highest BCUT2D eigenvalue weighted by molar-refractivity contribution is 5.81. The average molecular weight is 397 g/mol. The summed E-state index contributed by atoms with van der Waals surface area (Å²) in [5, 5.41) is 10.4. The Hall–Kier alpha value is -2.21. The number of hydrogen-bond acceptors (Lipinski definition) is 4. The third-order valence-corrected chi connectivity index (χ3v) is 5.48. The predicted octanol–water partition coefficient (Wildman–Crippen LogP) is 3.08. The predicted molar refractivity (Wildman–Crippen MR) is 114 cm³/mol. The number of rotatable bonds is 8. The van der Waals surface area contributed by atoms with E-state index in [4.69, 9.17) is 4.74 Å². The van der Waals surface area contributed by atoms with Gasteiger partial charge >= 0.3 is 0 Å². The molecule has 2 aromatic carbocycles. The van der Waals surface area contributed by atoms with Crippen LogP contribution in [0.1, 0.15) is 30.4 Å². The van der Waals surface area contributed by atoms with E-state index in [-0.39, 0.29) is 12.0 Å². The Balaban J connectivity index is 1.49. The highest BCUT2D eigenvalue weighted by atomic mass is 16.5. The van der Waals surface area contributed by atoms with Gasteiger partial charge in [0.15, 0.2) is 6.10 Å². The Morgan fingerprint density at radius 1 is 0.966 bits per heavy atom. The van der Waals surface area contributed by atoms with Crippen LogP contribution < -0.4 is 0 Å². The zero-order valence-electron chi connectivity index (χ0n) is 17.4. The minimum absolute atomic E-state index is 0.00398. The highest BCUT2D eigenvalue weighted by Crippen LogP contribution is 2.24. The Morgan fingerprint density at radius 2 is 1.55 bits per heavy atom. The van der Waals surface area contributed by atoms with Crippen LogP contribution in [0.25, 0.3) is 0 Å². The Morgan fingerprint density at radius 3 is 2.17 bits per heavy atom. The molecule has 1 amide bonds. The Labute approximate surface area is 173 Å². The largest absolute Gasteiger partial charge is 0.390 e. The van der Waals surface area contributed by atoms with Crippen LogP contribution in [0.4, 0.5) is 0 Å². The molecule has 2 aromatic rings. The van der Waals surface area contributed by atoms with Gasteiger partial charge in [0, 0.05) is 26.7 Å². The molecule has 0 bridgehead atoms. The molecule has 3 unspecified atom stereocenters.